The van der Waals surface area contributed by atoms with Gasteiger partial charge in [0.1, 0.15) is 10.6 Å². The van der Waals surface area contributed by atoms with Gasteiger partial charge in [0.2, 0.25) is 0 Å². The highest BCUT2D eigenvalue weighted by molar-refractivity contribution is 8.15. The van der Waals surface area contributed by atoms with Crippen molar-refractivity contribution in [2.24, 2.45) is 16.6 Å². The van der Waals surface area contributed by atoms with E-state index in [-0.39, 0.29) is 10.7 Å². The number of aliphatic hydroxyl groups excluding tert-OH is 1. The summed E-state index contributed by atoms with van der Waals surface area (Å²) in [5.74, 6) is -5.02. The minimum atomic E-state index is -3.14. The summed E-state index contributed by atoms with van der Waals surface area (Å²) >= 11 is 0.678. The highest BCUT2D eigenvalue weighted by Gasteiger charge is 2.87. The van der Waals surface area contributed by atoms with Gasteiger partial charge in [-0.2, -0.15) is 0 Å². The Morgan fingerprint density at radius 3 is 2.65 bits per heavy atom. The molecule has 2 aliphatic rings. The number of alkyl halides is 2. The monoisotopic (exact) mass is 302 g/mol. The van der Waals surface area contributed by atoms with Gasteiger partial charge in [0.05, 0.1) is 18.1 Å². The van der Waals surface area contributed by atoms with E-state index in [0.29, 0.717) is 11.8 Å². The zero-order valence-corrected chi connectivity index (χ0v) is 11.4. The molecule has 0 aromatic heterocycles. The quantitative estimate of drug-likeness (QED) is 0.879. The Morgan fingerprint density at radius 1 is 1.40 bits per heavy atom. The number of aliphatic imine (C=N–C) groups is 1. The number of nitrogens with zero attached hydrogens (tertiary/aromatic N) is 1. The third kappa shape index (κ3) is 1.45. The fourth-order valence-electron chi connectivity index (χ4n) is 3.19. The van der Waals surface area contributed by atoms with Crippen molar-refractivity contribution in [3.05, 3.63) is 35.6 Å². The predicted molar refractivity (Wildman–Crippen MR) is 71.2 cm³/mol. The minimum Gasteiger partial charge on any atom is -0.395 e. The summed E-state index contributed by atoms with van der Waals surface area (Å²) in [6.07, 6.45) is 0. The van der Waals surface area contributed by atoms with Crippen LogP contribution in [0.4, 0.5) is 13.2 Å². The van der Waals surface area contributed by atoms with Gasteiger partial charge >= 0.3 is 0 Å². The molecule has 0 spiro atoms. The molecule has 1 aliphatic carbocycles. The SMILES string of the molecule is C[C@]1(c2ccccc2F)N=C(N)S[C@]2(CO)[C@H]1C2(F)F. The van der Waals surface area contributed by atoms with Crippen LogP contribution in [0.25, 0.3) is 0 Å². The molecular formula is C13H13F3N2OS. The fraction of sp³-hybridized carbons (Fsp3) is 0.462. The molecule has 1 heterocycles. The van der Waals surface area contributed by atoms with Gasteiger partial charge in [-0.25, -0.2) is 13.2 Å². The van der Waals surface area contributed by atoms with Gasteiger partial charge < -0.3 is 10.8 Å². The molecule has 3 atom stereocenters. The highest BCUT2D eigenvalue weighted by Crippen LogP contribution is 2.74. The van der Waals surface area contributed by atoms with Crippen molar-refractivity contribution < 1.29 is 18.3 Å². The largest absolute Gasteiger partial charge is 0.395 e. The molecule has 0 amide bonds. The third-order valence-corrected chi connectivity index (χ3v) is 5.46. The van der Waals surface area contributed by atoms with E-state index in [1.165, 1.54) is 25.1 Å². The van der Waals surface area contributed by atoms with Crippen LogP contribution in [0.1, 0.15) is 12.5 Å². The predicted octanol–water partition coefficient (Wildman–Crippen LogP) is 2.10. The number of thioether (sulfide) groups is 1. The normalized spacial score (nSPS) is 38.0. The van der Waals surface area contributed by atoms with Gasteiger partial charge in [0, 0.05) is 5.56 Å². The Morgan fingerprint density at radius 2 is 2.05 bits per heavy atom. The standard InChI is InChI=1S/C13H13F3N2OS/c1-11(7-4-2-3-5-8(7)14)9-12(6-19,13(9,15)16)20-10(17)18-11/h2-5,9,19H,6H2,1H3,(H2,17,18)/t9-,11+,12+/m0/s1. The zero-order chi connectivity index (χ0) is 14.8. The molecule has 7 heteroatoms. The second-order valence-corrected chi connectivity index (χ2v) is 6.63. The van der Waals surface area contributed by atoms with Crippen molar-refractivity contribution in [2.45, 2.75) is 23.1 Å². The lowest BCUT2D eigenvalue weighted by Gasteiger charge is -2.31. The topological polar surface area (TPSA) is 58.6 Å². The van der Waals surface area contributed by atoms with Crippen molar-refractivity contribution in [3.8, 4) is 0 Å². The number of hydrogen-bond acceptors (Lipinski definition) is 4. The van der Waals surface area contributed by atoms with E-state index in [9.17, 15) is 18.3 Å². The van der Waals surface area contributed by atoms with Gasteiger partial charge in [0.15, 0.2) is 5.17 Å². The fourth-order valence-corrected chi connectivity index (χ4v) is 4.55. The van der Waals surface area contributed by atoms with E-state index in [4.69, 9.17) is 5.73 Å². The molecule has 0 unspecified atom stereocenters. The first-order valence-corrected chi connectivity index (χ1v) is 6.89. The molecular weight excluding hydrogens is 289 g/mol. The third-order valence-electron chi connectivity index (χ3n) is 4.16. The summed E-state index contributed by atoms with van der Waals surface area (Å²) in [7, 11) is 0. The summed E-state index contributed by atoms with van der Waals surface area (Å²) in [5.41, 5.74) is 4.24. The molecule has 20 heavy (non-hydrogen) atoms. The minimum absolute atomic E-state index is 0.0572. The smallest absolute Gasteiger partial charge is 0.272 e. The van der Waals surface area contributed by atoms with E-state index >= 15 is 0 Å². The number of aliphatic hydroxyl groups is 1. The number of rotatable bonds is 2. The molecule has 1 aromatic carbocycles. The number of fused-ring (bicyclic) bond motifs is 1. The summed E-state index contributed by atoms with van der Waals surface area (Å²) in [6, 6.07) is 5.68. The van der Waals surface area contributed by atoms with Gasteiger partial charge in [0.25, 0.3) is 5.92 Å². The number of hydrogen-bond donors (Lipinski definition) is 2. The number of amidine groups is 1. The Bertz CT molecular complexity index is 609. The van der Waals surface area contributed by atoms with E-state index in [0.717, 1.165) is 0 Å². The van der Waals surface area contributed by atoms with Gasteiger partial charge in [-0.05, 0) is 13.0 Å². The van der Waals surface area contributed by atoms with Gasteiger partial charge in [-0.3, -0.25) is 4.99 Å². The first kappa shape index (κ1) is 13.8. The van der Waals surface area contributed by atoms with E-state index in [2.05, 4.69) is 4.99 Å². The van der Waals surface area contributed by atoms with Gasteiger partial charge in [-0.15, -0.1) is 0 Å². The second-order valence-electron chi connectivity index (χ2n) is 5.28. The van der Waals surface area contributed by atoms with Crippen LogP contribution in [0.15, 0.2) is 29.3 Å². The first-order chi connectivity index (χ1) is 9.29. The zero-order valence-electron chi connectivity index (χ0n) is 10.6. The van der Waals surface area contributed by atoms with Crippen molar-refractivity contribution in [1.29, 1.82) is 0 Å². The lowest BCUT2D eigenvalue weighted by atomic mass is 9.85. The molecule has 3 rings (SSSR count). The van der Waals surface area contributed by atoms with Crippen molar-refractivity contribution in [3.63, 3.8) is 0 Å². The lowest BCUT2D eigenvalue weighted by molar-refractivity contribution is 0.0685. The van der Waals surface area contributed by atoms with E-state index in [1.807, 2.05) is 0 Å². The maximum atomic E-state index is 14.2. The molecule has 1 saturated carbocycles. The molecule has 0 bridgehead atoms. The van der Waals surface area contributed by atoms with Crippen molar-refractivity contribution in [1.82, 2.24) is 0 Å². The maximum Gasteiger partial charge on any atom is 0.272 e. The molecule has 1 fully saturated rings. The first-order valence-electron chi connectivity index (χ1n) is 6.07. The van der Waals surface area contributed by atoms with Crippen LogP contribution in [0.3, 0.4) is 0 Å². The molecule has 0 radical (unpaired) electrons. The molecule has 1 aliphatic heterocycles. The van der Waals surface area contributed by atoms with Crippen LogP contribution in [-0.4, -0.2) is 27.6 Å². The highest BCUT2D eigenvalue weighted by atomic mass is 32.2. The van der Waals surface area contributed by atoms with Crippen LogP contribution in [-0.2, 0) is 5.54 Å². The average Bonchev–Trinajstić information content (AvgIpc) is 2.87. The van der Waals surface area contributed by atoms with Crippen LogP contribution in [0, 0.1) is 11.7 Å². The molecule has 0 saturated heterocycles. The Labute approximate surface area is 118 Å². The van der Waals surface area contributed by atoms with Gasteiger partial charge in [-0.1, -0.05) is 30.0 Å². The maximum absolute atomic E-state index is 14.2. The van der Waals surface area contributed by atoms with E-state index < -0.39 is 34.6 Å². The molecule has 3 N–H and O–H groups in total. The Kier molecular flexibility index (Phi) is 2.69. The second kappa shape index (κ2) is 3.92. The summed E-state index contributed by atoms with van der Waals surface area (Å²) < 4.78 is 40.7. The number of benzene rings is 1. The Balaban J connectivity index is 2.18. The van der Waals surface area contributed by atoms with Crippen LogP contribution >= 0.6 is 11.8 Å². The summed E-state index contributed by atoms with van der Waals surface area (Å²) in [5, 5.41) is 9.33. The number of nitrogens with two attached hydrogens (primary N) is 1. The lowest BCUT2D eigenvalue weighted by Crippen LogP contribution is -2.37. The Hall–Kier alpha value is -1.21. The summed E-state index contributed by atoms with van der Waals surface area (Å²) in [6.45, 7) is 0.712. The summed E-state index contributed by atoms with van der Waals surface area (Å²) in [4.78, 5) is 4.08. The van der Waals surface area contributed by atoms with Crippen LogP contribution < -0.4 is 5.73 Å². The van der Waals surface area contributed by atoms with E-state index in [1.54, 1.807) is 6.07 Å². The molecule has 1 aromatic rings. The van der Waals surface area contributed by atoms with Crippen LogP contribution in [0.5, 0.6) is 0 Å². The van der Waals surface area contributed by atoms with Crippen molar-refractivity contribution in [2.75, 3.05) is 6.61 Å². The van der Waals surface area contributed by atoms with Crippen LogP contribution in [0.2, 0.25) is 0 Å². The number of halogens is 3. The average molecular weight is 302 g/mol. The molecule has 3 nitrogen and oxygen atoms in total. The molecule has 108 valence electrons. The van der Waals surface area contributed by atoms with Crippen molar-refractivity contribution >= 4 is 16.9 Å².